The summed E-state index contributed by atoms with van der Waals surface area (Å²) < 4.78 is 31.8. The SMILES string of the molecule is CC(C)(C)OCCN1C(=O)c2cc(I)ccc2S1(=O)=O. The minimum absolute atomic E-state index is 0.0314. The summed E-state index contributed by atoms with van der Waals surface area (Å²) in [6.07, 6.45) is 0. The number of fused-ring (bicyclic) bond motifs is 1. The summed E-state index contributed by atoms with van der Waals surface area (Å²) in [5, 5.41) is 0. The van der Waals surface area contributed by atoms with Crippen LogP contribution in [-0.2, 0) is 14.8 Å². The van der Waals surface area contributed by atoms with E-state index in [1.807, 2.05) is 20.8 Å². The Balaban J connectivity index is 2.24. The minimum Gasteiger partial charge on any atom is -0.374 e. The minimum atomic E-state index is -3.73. The number of carbonyl (C=O) groups excluding carboxylic acids is 1. The summed E-state index contributed by atoms with van der Waals surface area (Å²) in [5.41, 5.74) is -0.123. The second-order valence-corrected chi connectivity index (χ2v) is 8.56. The largest absolute Gasteiger partial charge is 0.374 e. The molecule has 0 bridgehead atoms. The number of hydrogen-bond acceptors (Lipinski definition) is 4. The fraction of sp³-hybridized carbons (Fsp3) is 0.462. The van der Waals surface area contributed by atoms with Gasteiger partial charge in [-0.15, -0.1) is 0 Å². The fourth-order valence-electron chi connectivity index (χ4n) is 1.91. The van der Waals surface area contributed by atoms with E-state index < -0.39 is 15.9 Å². The van der Waals surface area contributed by atoms with Gasteiger partial charge in [-0.1, -0.05) is 0 Å². The first-order valence-electron chi connectivity index (χ1n) is 6.13. The molecule has 0 atom stereocenters. The molecule has 1 aliphatic rings. The smallest absolute Gasteiger partial charge is 0.269 e. The number of ether oxygens (including phenoxy) is 1. The highest BCUT2D eigenvalue weighted by atomic mass is 127. The molecule has 1 amide bonds. The van der Waals surface area contributed by atoms with Crippen LogP contribution in [0.4, 0.5) is 0 Å². The van der Waals surface area contributed by atoms with Crippen molar-refractivity contribution in [2.24, 2.45) is 0 Å². The van der Waals surface area contributed by atoms with Gasteiger partial charge < -0.3 is 4.74 Å². The average Bonchev–Trinajstić information content (AvgIpc) is 2.48. The van der Waals surface area contributed by atoms with Gasteiger partial charge in [0, 0.05) is 3.57 Å². The molecule has 1 aliphatic heterocycles. The van der Waals surface area contributed by atoms with Gasteiger partial charge in [0.05, 0.1) is 24.3 Å². The third-order valence-corrected chi connectivity index (χ3v) is 5.31. The highest BCUT2D eigenvalue weighted by Crippen LogP contribution is 2.31. The standard InChI is InChI=1S/C13H16INO4S/c1-13(2,3)19-7-6-15-12(16)10-8-9(14)4-5-11(10)20(15,17)18/h4-5,8H,6-7H2,1-3H3. The van der Waals surface area contributed by atoms with Crippen molar-refractivity contribution in [1.82, 2.24) is 4.31 Å². The molecule has 1 heterocycles. The molecule has 2 rings (SSSR count). The quantitative estimate of drug-likeness (QED) is 0.719. The van der Waals surface area contributed by atoms with Crippen LogP contribution >= 0.6 is 22.6 Å². The van der Waals surface area contributed by atoms with E-state index in [-0.39, 0.29) is 29.2 Å². The molecule has 0 unspecified atom stereocenters. The van der Waals surface area contributed by atoms with Crippen LogP contribution in [0.2, 0.25) is 0 Å². The van der Waals surface area contributed by atoms with Crippen LogP contribution in [0.3, 0.4) is 0 Å². The maximum Gasteiger partial charge on any atom is 0.269 e. The molecule has 0 radical (unpaired) electrons. The van der Waals surface area contributed by atoms with Crippen LogP contribution in [0.15, 0.2) is 23.1 Å². The monoisotopic (exact) mass is 409 g/mol. The summed E-state index contributed by atoms with van der Waals surface area (Å²) in [6.45, 7) is 5.85. The maximum atomic E-state index is 12.3. The molecule has 1 aromatic carbocycles. The average molecular weight is 409 g/mol. The highest BCUT2D eigenvalue weighted by molar-refractivity contribution is 14.1. The van der Waals surface area contributed by atoms with Crippen molar-refractivity contribution in [2.45, 2.75) is 31.3 Å². The van der Waals surface area contributed by atoms with Crippen LogP contribution in [-0.4, -0.2) is 37.4 Å². The molecule has 0 fully saturated rings. The Morgan fingerprint density at radius 1 is 1.30 bits per heavy atom. The lowest BCUT2D eigenvalue weighted by Gasteiger charge is -2.22. The van der Waals surface area contributed by atoms with Crippen LogP contribution in [0.25, 0.3) is 0 Å². The number of carbonyl (C=O) groups is 1. The lowest BCUT2D eigenvalue weighted by atomic mass is 10.2. The Labute approximate surface area is 132 Å². The summed E-state index contributed by atoms with van der Waals surface area (Å²) >= 11 is 2.05. The van der Waals surface area contributed by atoms with Gasteiger partial charge in [-0.3, -0.25) is 4.79 Å². The van der Waals surface area contributed by atoms with Gasteiger partial charge in [0.15, 0.2) is 0 Å². The molecule has 0 spiro atoms. The van der Waals surface area contributed by atoms with Gasteiger partial charge in [-0.25, -0.2) is 12.7 Å². The second kappa shape index (κ2) is 5.27. The zero-order chi connectivity index (χ0) is 15.1. The Morgan fingerprint density at radius 2 is 1.95 bits per heavy atom. The van der Waals surface area contributed by atoms with Gasteiger partial charge in [0.2, 0.25) is 0 Å². The van der Waals surface area contributed by atoms with Crippen molar-refractivity contribution in [2.75, 3.05) is 13.2 Å². The molecule has 0 saturated carbocycles. The van der Waals surface area contributed by atoms with E-state index in [0.29, 0.717) is 0 Å². The summed E-state index contributed by atoms with van der Waals surface area (Å²) in [7, 11) is -3.73. The van der Waals surface area contributed by atoms with Crippen molar-refractivity contribution >= 4 is 38.5 Å². The van der Waals surface area contributed by atoms with Crippen molar-refractivity contribution in [3.05, 3.63) is 27.3 Å². The van der Waals surface area contributed by atoms with Crippen molar-refractivity contribution in [1.29, 1.82) is 0 Å². The van der Waals surface area contributed by atoms with Crippen molar-refractivity contribution in [3.8, 4) is 0 Å². The number of sulfonamides is 1. The van der Waals surface area contributed by atoms with Crippen molar-refractivity contribution in [3.63, 3.8) is 0 Å². The Bertz CT molecular complexity index is 649. The predicted octanol–water partition coefficient (Wildman–Crippen LogP) is 2.25. The van der Waals surface area contributed by atoms with E-state index >= 15 is 0 Å². The second-order valence-electron chi connectivity index (χ2n) is 5.48. The van der Waals surface area contributed by atoms with Crippen LogP contribution in [0.1, 0.15) is 31.1 Å². The van der Waals surface area contributed by atoms with Gasteiger partial charge >= 0.3 is 0 Å². The maximum absolute atomic E-state index is 12.3. The molecule has 7 heteroatoms. The Morgan fingerprint density at radius 3 is 2.55 bits per heavy atom. The molecule has 110 valence electrons. The molecular weight excluding hydrogens is 393 g/mol. The normalized spacial score (nSPS) is 17.4. The number of amides is 1. The van der Waals surface area contributed by atoms with Crippen LogP contribution < -0.4 is 0 Å². The van der Waals surface area contributed by atoms with Crippen molar-refractivity contribution < 1.29 is 17.9 Å². The van der Waals surface area contributed by atoms with Gasteiger partial charge in [0.1, 0.15) is 4.90 Å². The number of nitrogens with zero attached hydrogens (tertiary/aromatic N) is 1. The summed E-state index contributed by atoms with van der Waals surface area (Å²) in [6, 6.07) is 4.76. The van der Waals surface area contributed by atoms with E-state index in [4.69, 9.17) is 4.74 Å². The number of benzene rings is 1. The van der Waals surface area contributed by atoms with Gasteiger partial charge in [-0.2, -0.15) is 0 Å². The number of hydrogen-bond donors (Lipinski definition) is 0. The predicted molar refractivity (Wildman–Crippen MR) is 83.1 cm³/mol. The lowest BCUT2D eigenvalue weighted by Crippen LogP contribution is -2.35. The molecule has 0 aromatic heterocycles. The third kappa shape index (κ3) is 2.99. The molecule has 0 aliphatic carbocycles. The molecule has 0 N–H and O–H groups in total. The lowest BCUT2D eigenvalue weighted by molar-refractivity contribution is -0.00584. The third-order valence-electron chi connectivity index (χ3n) is 2.80. The molecule has 5 nitrogen and oxygen atoms in total. The van der Waals surface area contributed by atoms with E-state index in [9.17, 15) is 13.2 Å². The van der Waals surface area contributed by atoms with E-state index in [2.05, 4.69) is 22.6 Å². The first-order valence-corrected chi connectivity index (χ1v) is 8.65. The topological polar surface area (TPSA) is 63.7 Å². The Kier molecular flexibility index (Phi) is 4.14. The number of halogens is 1. The molecule has 1 aromatic rings. The van der Waals surface area contributed by atoms with E-state index in [0.717, 1.165) is 7.88 Å². The molecular formula is C13H16INO4S. The summed E-state index contributed by atoms with van der Waals surface area (Å²) in [4.78, 5) is 12.3. The van der Waals surface area contributed by atoms with Gasteiger partial charge in [-0.05, 0) is 61.6 Å². The zero-order valence-electron chi connectivity index (χ0n) is 11.5. The Hall–Kier alpha value is -0.670. The number of rotatable bonds is 3. The van der Waals surface area contributed by atoms with E-state index in [1.165, 1.54) is 6.07 Å². The molecule has 0 saturated heterocycles. The fourth-order valence-corrected chi connectivity index (χ4v) is 3.94. The first kappa shape index (κ1) is 15.7. The van der Waals surface area contributed by atoms with Crippen LogP contribution in [0, 0.1) is 3.57 Å². The van der Waals surface area contributed by atoms with Gasteiger partial charge in [0.25, 0.3) is 15.9 Å². The summed E-state index contributed by atoms with van der Waals surface area (Å²) in [5.74, 6) is -0.476. The van der Waals surface area contributed by atoms with Crippen LogP contribution in [0.5, 0.6) is 0 Å². The zero-order valence-corrected chi connectivity index (χ0v) is 14.5. The van der Waals surface area contributed by atoms with E-state index in [1.54, 1.807) is 12.1 Å². The molecule has 20 heavy (non-hydrogen) atoms. The highest BCUT2D eigenvalue weighted by Gasteiger charge is 2.40. The first-order chi connectivity index (χ1) is 9.13.